The number of aliphatic imine (C=N–C) groups is 1. The number of ether oxygens (including phenoxy) is 1. The second-order valence-electron chi connectivity index (χ2n) is 7.05. The van der Waals surface area contributed by atoms with Gasteiger partial charge in [0, 0.05) is 26.2 Å². The maximum absolute atomic E-state index is 12.8. The van der Waals surface area contributed by atoms with Crippen molar-refractivity contribution in [3.8, 4) is 0 Å². The average molecular weight is 410 g/mol. The van der Waals surface area contributed by atoms with E-state index >= 15 is 0 Å². The first-order valence-corrected chi connectivity index (χ1v) is 9.67. The molecule has 0 aliphatic carbocycles. The van der Waals surface area contributed by atoms with E-state index in [0.717, 1.165) is 5.56 Å². The van der Waals surface area contributed by atoms with Crippen LogP contribution in [-0.2, 0) is 14.3 Å². The summed E-state index contributed by atoms with van der Waals surface area (Å²) >= 11 is 0. The van der Waals surface area contributed by atoms with E-state index in [2.05, 4.69) is 10.3 Å². The zero-order valence-corrected chi connectivity index (χ0v) is 16.5. The van der Waals surface area contributed by atoms with Gasteiger partial charge in [-0.15, -0.1) is 0 Å². The number of hydrogen-bond donors (Lipinski definition) is 1. The quantitative estimate of drug-likeness (QED) is 0.599. The molecule has 30 heavy (non-hydrogen) atoms. The third-order valence-corrected chi connectivity index (χ3v) is 5.29. The molecule has 9 nitrogen and oxygen atoms in total. The zero-order valence-electron chi connectivity index (χ0n) is 16.5. The van der Waals surface area contributed by atoms with Crippen LogP contribution in [0.1, 0.15) is 22.2 Å². The van der Waals surface area contributed by atoms with Crippen LogP contribution in [0.4, 0.5) is 0 Å². The third-order valence-electron chi connectivity index (χ3n) is 5.29. The lowest BCUT2D eigenvalue weighted by Crippen LogP contribution is -2.58. The standard InChI is InChI=1S/C21H22N4O5/c1-29-20(28)16-17(14-6-3-2-4-7-14)22-21(23-18(16)26)25-11-9-24(10-12-25)19(27)15-8-5-13-30-15/h2-8,13,16-17H,9-12H2,1H3,(H,22,23,26)/t16-,17+/m1/s1. The molecule has 0 bridgehead atoms. The van der Waals surface area contributed by atoms with Gasteiger partial charge >= 0.3 is 5.97 Å². The summed E-state index contributed by atoms with van der Waals surface area (Å²) in [5, 5.41) is 2.74. The Morgan fingerprint density at radius 2 is 1.83 bits per heavy atom. The van der Waals surface area contributed by atoms with E-state index in [0.29, 0.717) is 37.9 Å². The first-order chi connectivity index (χ1) is 14.6. The Morgan fingerprint density at radius 3 is 2.47 bits per heavy atom. The monoisotopic (exact) mass is 410 g/mol. The number of nitrogens with zero attached hydrogens (tertiary/aromatic N) is 3. The maximum Gasteiger partial charge on any atom is 0.320 e. The van der Waals surface area contributed by atoms with Crippen LogP contribution in [0, 0.1) is 5.92 Å². The second-order valence-corrected chi connectivity index (χ2v) is 7.05. The minimum absolute atomic E-state index is 0.165. The fraction of sp³-hybridized carbons (Fsp3) is 0.333. The lowest BCUT2D eigenvalue weighted by atomic mass is 9.91. The smallest absolute Gasteiger partial charge is 0.320 e. The van der Waals surface area contributed by atoms with Crippen LogP contribution in [0.3, 0.4) is 0 Å². The van der Waals surface area contributed by atoms with E-state index in [1.165, 1.54) is 13.4 Å². The van der Waals surface area contributed by atoms with Crippen molar-refractivity contribution in [2.45, 2.75) is 6.04 Å². The normalized spacial score (nSPS) is 21.6. The molecule has 0 saturated carbocycles. The molecule has 2 aromatic rings. The van der Waals surface area contributed by atoms with Gasteiger partial charge in [0.25, 0.3) is 5.91 Å². The molecule has 1 N–H and O–H groups in total. The molecular formula is C21H22N4O5. The largest absolute Gasteiger partial charge is 0.468 e. The summed E-state index contributed by atoms with van der Waals surface area (Å²) in [6.45, 7) is 1.92. The van der Waals surface area contributed by atoms with E-state index in [1.54, 1.807) is 17.0 Å². The van der Waals surface area contributed by atoms with Gasteiger partial charge in [-0.25, -0.2) is 4.99 Å². The van der Waals surface area contributed by atoms with E-state index in [-0.39, 0.29) is 5.91 Å². The molecule has 1 aromatic heterocycles. The maximum atomic E-state index is 12.8. The number of piperazine rings is 1. The van der Waals surface area contributed by atoms with Crippen LogP contribution in [0.2, 0.25) is 0 Å². The van der Waals surface area contributed by atoms with Crippen molar-refractivity contribution in [1.82, 2.24) is 15.1 Å². The van der Waals surface area contributed by atoms with Gasteiger partial charge in [-0.2, -0.15) is 0 Å². The lowest BCUT2D eigenvalue weighted by molar-refractivity contribution is -0.151. The van der Waals surface area contributed by atoms with Crippen LogP contribution < -0.4 is 5.32 Å². The Morgan fingerprint density at radius 1 is 1.10 bits per heavy atom. The van der Waals surface area contributed by atoms with E-state index in [9.17, 15) is 14.4 Å². The van der Waals surface area contributed by atoms with Crippen LogP contribution in [-0.4, -0.2) is 66.8 Å². The van der Waals surface area contributed by atoms with Crippen molar-refractivity contribution in [3.63, 3.8) is 0 Å². The van der Waals surface area contributed by atoms with Crippen molar-refractivity contribution < 1.29 is 23.5 Å². The summed E-state index contributed by atoms with van der Waals surface area (Å²) < 4.78 is 10.0. The van der Waals surface area contributed by atoms with Crippen molar-refractivity contribution in [2.75, 3.05) is 33.3 Å². The first-order valence-electron chi connectivity index (χ1n) is 9.67. The predicted octanol–water partition coefficient (Wildman–Crippen LogP) is 1.05. The summed E-state index contributed by atoms with van der Waals surface area (Å²) in [5.41, 5.74) is 0.756. The van der Waals surface area contributed by atoms with Crippen molar-refractivity contribution >= 4 is 23.7 Å². The summed E-state index contributed by atoms with van der Waals surface area (Å²) in [4.78, 5) is 45.8. The number of furan rings is 1. The third kappa shape index (κ3) is 3.78. The number of nitrogens with one attached hydrogen (secondary N) is 1. The summed E-state index contributed by atoms with van der Waals surface area (Å²) in [7, 11) is 1.26. The number of hydrogen-bond acceptors (Lipinski definition) is 7. The molecule has 2 atom stereocenters. The number of amides is 2. The average Bonchev–Trinajstić information content (AvgIpc) is 3.33. The number of methoxy groups -OCH3 is 1. The summed E-state index contributed by atoms with van der Waals surface area (Å²) in [6, 6.07) is 11.8. The highest BCUT2D eigenvalue weighted by molar-refractivity contribution is 6.08. The molecular weight excluding hydrogens is 388 g/mol. The Balaban J connectivity index is 1.52. The number of benzene rings is 1. The summed E-state index contributed by atoms with van der Waals surface area (Å²) in [6.07, 6.45) is 1.47. The molecule has 2 aliphatic heterocycles. The van der Waals surface area contributed by atoms with Crippen LogP contribution in [0.15, 0.2) is 58.1 Å². The molecule has 1 saturated heterocycles. The number of carbonyl (C=O) groups excluding carboxylic acids is 3. The SMILES string of the molecule is COC(=O)[C@H]1C(=O)NC(N2CCN(C(=O)c3ccco3)CC2)=N[C@H]1c1ccccc1. The van der Waals surface area contributed by atoms with E-state index in [4.69, 9.17) is 9.15 Å². The first kappa shape index (κ1) is 19.7. The molecule has 3 heterocycles. The van der Waals surface area contributed by atoms with Crippen molar-refractivity contribution in [2.24, 2.45) is 10.9 Å². The van der Waals surface area contributed by atoms with Gasteiger partial charge in [-0.1, -0.05) is 30.3 Å². The number of rotatable bonds is 3. The predicted molar refractivity (Wildman–Crippen MR) is 106 cm³/mol. The van der Waals surface area contributed by atoms with Gasteiger partial charge in [-0.05, 0) is 17.7 Å². The molecule has 4 rings (SSSR count). The Kier molecular flexibility index (Phi) is 5.51. The fourth-order valence-corrected chi connectivity index (χ4v) is 3.69. The molecule has 2 amide bonds. The Labute approximate surface area is 173 Å². The molecule has 2 aliphatic rings. The highest BCUT2D eigenvalue weighted by Gasteiger charge is 2.42. The lowest BCUT2D eigenvalue weighted by Gasteiger charge is -2.38. The van der Waals surface area contributed by atoms with Gasteiger partial charge in [0.05, 0.1) is 13.4 Å². The molecule has 0 unspecified atom stereocenters. The Hall–Kier alpha value is -3.62. The topological polar surface area (TPSA) is 104 Å². The van der Waals surface area contributed by atoms with Gasteiger partial charge < -0.3 is 19.0 Å². The molecule has 9 heteroatoms. The van der Waals surface area contributed by atoms with Gasteiger partial charge in [-0.3, -0.25) is 19.7 Å². The summed E-state index contributed by atoms with van der Waals surface area (Å²) in [5.74, 6) is -1.59. The molecule has 156 valence electrons. The van der Waals surface area contributed by atoms with E-state index in [1.807, 2.05) is 35.2 Å². The molecule has 1 aromatic carbocycles. The number of carbonyl (C=O) groups is 3. The minimum Gasteiger partial charge on any atom is -0.468 e. The van der Waals surface area contributed by atoms with E-state index < -0.39 is 23.8 Å². The van der Waals surface area contributed by atoms with Crippen LogP contribution >= 0.6 is 0 Å². The molecule has 1 fully saturated rings. The second kappa shape index (κ2) is 8.40. The van der Waals surface area contributed by atoms with Crippen LogP contribution in [0.5, 0.6) is 0 Å². The minimum atomic E-state index is -1.05. The number of guanidine groups is 1. The fourth-order valence-electron chi connectivity index (χ4n) is 3.69. The van der Waals surface area contributed by atoms with Gasteiger partial charge in [0.15, 0.2) is 11.7 Å². The van der Waals surface area contributed by atoms with Gasteiger partial charge in [0.1, 0.15) is 6.04 Å². The van der Waals surface area contributed by atoms with Crippen molar-refractivity contribution in [3.05, 3.63) is 60.1 Å². The van der Waals surface area contributed by atoms with Gasteiger partial charge in [0.2, 0.25) is 11.9 Å². The molecule has 0 radical (unpaired) electrons. The molecule has 0 spiro atoms. The van der Waals surface area contributed by atoms with Crippen molar-refractivity contribution in [1.29, 1.82) is 0 Å². The highest BCUT2D eigenvalue weighted by atomic mass is 16.5. The highest BCUT2D eigenvalue weighted by Crippen LogP contribution is 2.30. The number of esters is 1. The Bertz CT molecular complexity index is 949. The van der Waals surface area contributed by atoms with Crippen LogP contribution in [0.25, 0.3) is 0 Å². The zero-order chi connectivity index (χ0) is 21.1.